The van der Waals surface area contributed by atoms with Crippen LogP contribution in [0.5, 0.6) is 23.0 Å². The summed E-state index contributed by atoms with van der Waals surface area (Å²) in [7, 11) is 1.62. The minimum atomic E-state index is -0.210. The van der Waals surface area contributed by atoms with Gasteiger partial charge < -0.3 is 24.3 Å². The molecule has 0 aliphatic heterocycles. The molecule has 0 aliphatic carbocycles. The Hall–Kier alpha value is -3.67. The Morgan fingerprint density at radius 3 is 2.03 bits per heavy atom. The second-order valence-electron chi connectivity index (χ2n) is 6.63. The van der Waals surface area contributed by atoms with E-state index in [1.54, 1.807) is 25.3 Å². The van der Waals surface area contributed by atoms with Gasteiger partial charge in [-0.3, -0.25) is 4.79 Å². The number of nitrogens with one attached hydrogen (secondary N) is 1. The van der Waals surface area contributed by atoms with Gasteiger partial charge in [-0.25, -0.2) is 0 Å². The molecule has 6 nitrogen and oxygen atoms in total. The molecular weight excluding hydrogens is 394 g/mol. The first-order chi connectivity index (χ1) is 15.1. The molecule has 0 saturated heterocycles. The molecule has 0 atom stereocenters. The molecule has 0 fully saturated rings. The maximum absolute atomic E-state index is 12.8. The lowest BCUT2D eigenvalue weighted by Gasteiger charge is -2.14. The zero-order valence-electron chi connectivity index (χ0n) is 18.0. The number of carbonyl (C=O) groups is 1. The number of hydrogen-bond acceptors (Lipinski definition) is 5. The van der Waals surface area contributed by atoms with Crippen LogP contribution in [0.25, 0.3) is 0 Å². The Morgan fingerprint density at radius 1 is 0.774 bits per heavy atom. The second-order valence-corrected chi connectivity index (χ2v) is 6.63. The summed E-state index contributed by atoms with van der Waals surface area (Å²) >= 11 is 0. The van der Waals surface area contributed by atoms with Crippen molar-refractivity contribution in [3.05, 3.63) is 77.9 Å². The van der Waals surface area contributed by atoms with E-state index in [2.05, 4.69) is 5.32 Å². The normalized spacial score (nSPS) is 10.3. The van der Waals surface area contributed by atoms with Crippen LogP contribution in [0, 0.1) is 0 Å². The van der Waals surface area contributed by atoms with E-state index in [-0.39, 0.29) is 12.5 Å². The van der Waals surface area contributed by atoms with Gasteiger partial charge >= 0.3 is 0 Å². The van der Waals surface area contributed by atoms with Crippen LogP contribution in [0.2, 0.25) is 0 Å². The van der Waals surface area contributed by atoms with Crippen LogP contribution in [-0.4, -0.2) is 26.2 Å². The minimum Gasteiger partial charge on any atom is -0.497 e. The lowest BCUT2D eigenvalue weighted by Crippen LogP contribution is -2.13. The molecule has 0 radical (unpaired) electrons. The van der Waals surface area contributed by atoms with Gasteiger partial charge in [-0.05, 0) is 80.6 Å². The van der Waals surface area contributed by atoms with Gasteiger partial charge in [0, 0.05) is 16.8 Å². The molecule has 3 rings (SSSR count). The fourth-order valence-corrected chi connectivity index (χ4v) is 2.97. The largest absolute Gasteiger partial charge is 0.497 e. The fourth-order valence-electron chi connectivity index (χ4n) is 2.97. The monoisotopic (exact) mass is 421 g/mol. The van der Waals surface area contributed by atoms with Crippen molar-refractivity contribution < 1.29 is 23.7 Å². The molecule has 162 valence electrons. The van der Waals surface area contributed by atoms with E-state index in [1.165, 1.54) is 0 Å². The van der Waals surface area contributed by atoms with E-state index in [4.69, 9.17) is 18.9 Å². The average molecular weight is 421 g/mol. The highest BCUT2D eigenvalue weighted by atomic mass is 16.5. The molecule has 6 heteroatoms. The number of carbonyl (C=O) groups excluding carboxylic acids is 1. The Bertz CT molecular complexity index is 984. The van der Waals surface area contributed by atoms with E-state index < -0.39 is 0 Å². The Balaban J connectivity index is 1.72. The zero-order valence-corrected chi connectivity index (χ0v) is 18.0. The van der Waals surface area contributed by atoms with Gasteiger partial charge in [0.2, 0.25) is 0 Å². The summed E-state index contributed by atoms with van der Waals surface area (Å²) in [5.41, 5.74) is 2.00. The number of hydrogen-bond donors (Lipinski definition) is 1. The predicted molar refractivity (Wildman–Crippen MR) is 121 cm³/mol. The van der Waals surface area contributed by atoms with Crippen molar-refractivity contribution in [1.29, 1.82) is 0 Å². The van der Waals surface area contributed by atoms with Crippen LogP contribution in [0.3, 0.4) is 0 Å². The molecule has 0 aliphatic rings. The van der Waals surface area contributed by atoms with Gasteiger partial charge in [0.15, 0.2) is 0 Å². The van der Waals surface area contributed by atoms with E-state index >= 15 is 0 Å². The summed E-state index contributed by atoms with van der Waals surface area (Å²) in [4.78, 5) is 12.8. The molecule has 3 aromatic carbocycles. The molecule has 0 bridgehead atoms. The number of ether oxygens (including phenoxy) is 4. The maximum Gasteiger partial charge on any atom is 0.255 e. The molecule has 1 N–H and O–H groups in total. The fraction of sp³-hybridized carbons (Fsp3) is 0.240. The van der Waals surface area contributed by atoms with Crippen molar-refractivity contribution in [3.63, 3.8) is 0 Å². The van der Waals surface area contributed by atoms with Gasteiger partial charge in [0.05, 0.1) is 20.3 Å². The first-order valence-electron chi connectivity index (χ1n) is 10.2. The summed E-state index contributed by atoms with van der Waals surface area (Å²) in [6, 6.07) is 19.9. The van der Waals surface area contributed by atoms with E-state index in [0.717, 1.165) is 17.1 Å². The molecule has 1 amide bonds. The van der Waals surface area contributed by atoms with E-state index in [1.807, 2.05) is 62.4 Å². The van der Waals surface area contributed by atoms with Crippen molar-refractivity contribution in [2.24, 2.45) is 0 Å². The third kappa shape index (κ3) is 6.15. The Morgan fingerprint density at radius 2 is 1.39 bits per heavy atom. The van der Waals surface area contributed by atoms with Crippen molar-refractivity contribution in [1.82, 2.24) is 0 Å². The lowest BCUT2D eigenvalue weighted by atomic mass is 10.1. The Kier molecular flexibility index (Phi) is 7.76. The summed E-state index contributed by atoms with van der Waals surface area (Å²) < 4.78 is 22.2. The van der Waals surface area contributed by atoms with E-state index in [0.29, 0.717) is 36.0 Å². The third-order valence-electron chi connectivity index (χ3n) is 4.50. The van der Waals surface area contributed by atoms with Crippen molar-refractivity contribution in [2.45, 2.75) is 20.5 Å². The first-order valence-corrected chi connectivity index (χ1v) is 10.2. The van der Waals surface area contributed by atoms with Crippen LogP contribution in [-0.2, 0) is 6.61 Å². The van der Waals surface area contributed by atoms with Gasteiger partial charge in [-0.2, -0.15) is 0 Å². The van der Waals surface area contributed by atoms with Crippen LogP contribution >= 0.6 is 0 Å². The number of anilines is 1. The highest BCUT2D eigenvalue weighted by molar-refractivity contribution is 6.04. The standard InChI is InChI=1S/C25H27NO5/c1-4-29-22-9-7-20(8-10-22)26-25(27)18-6-15-24(30-5-2)19(16-18)17-31-23-13-11-21(28-3)12-14-23/h6-16H,4-5,17H2,1-3H3,(H,26,27). The highest BCUT2D eigenvalue weighted by Gasteiger charge is 2.12. The SMILES string of the molecule is CCOc1ccc(NC(=O)c2ccc(OCC)c(COc3ccc(OC)cc3)c2)cc1. The van der Waals surface area contributed by atoms with Crippen molar-refractivity contribution >= 4 is 11.6 Å². The minimum absolute atomic E-state index is 0.210. The second kappa shape index (κ2) is 10.9. The predicted octanol–water partition coefficient (Wildman–Crippen LogP) is 5.32. The number of benzene rings is 3. The molecule has 0 spiro atoms. The lowest BCUT2D eigenvalue weighted by molar-refractivity contribution is 0.102. The number of amides is 1. The summed E-state index contributed by atoms with van der Waals surface area (Å²) in [5, 5.41) is 2.90. The number of rotatable bonds is 10. The zero-order chi connectivity index (χ0) is 22.1. The van der Waals surface area contributed by atoms with E-state index in [9.17, 15) is 4.79 Å². The highest BCUT2D eigenvalue weighted by Crippen LogP contribution is 2.25. The van der Waals surface area contributed by atoms with Gasteiger partial charge in [-0.15, -0.1) is 0 Å². The van der Waals surface area contributed by atoms with Gasteiger partial charge in [0.1, 0.15) is 29.6 Å². The molecule has 3 aromatic rings. The summed E-state index contributed by atoms with van der Waals surface area (Å²) in [5.74, 6) is 2.70. The molecule has 0 aromatic heterocycles. The molecule has 31 heavy (non-hydrogen) atoms. The number of methoxy groups -OCH3 is 1. The third-order valence-corrected chi connectivity index (χ3v) is 4.50. The van der Waals surface area contributed by atoms with Crippen LogP contribution in [0.4, 0.5) is 5.69 Å². The van der Waals surface area contributed by atoms with Crippen molar-refractivity contribution in [3.8, 4) is 23.0 Å². The van der Waals surface area contributed by atoms with Crippen molar-refractivity contribution in [2.75, 3.05) is 25.6 Å². The molecule has 0 heterocycles. The van der Waals surface area contributed by atoms with Gasteiger partial charge in [0.25, 0.3) is 5.91 Å². The Labute approximate surface area is 182 Å². The molecule has 0 saturated carbocycles. The smallest absolute Gasteiger partial charge is 0.255 e. The van der Waals surface area contributed by atoms with Gasteiger partial charge in [-0.1, -0.05) is 0 Å². The topological polar surface area (TPSA) is 66.0 Å². The molecule has 0 unspecified atom stereocenters. The quantitative estimate of drug-likeness (QED) is 0.480. The summed E-state index contributed by atoms with van der Waals surface area (Å²) in [6.07, 6.45) is 0. The summed E-state index contributed by atoms with van der Waals surface area (Å²) in [6.45, 7) is 5.23. The molecular formula is C25H27NO5. The average Bonchev–Trinajstić information content (AvgIpc) is 2.80. The first kappa shape index (κ1) is 22.0. The van der Waals surface area contributed by atoms with Crippen LogP contribution in [0.1, 0.15) is 29.8 Å². The van der Waals surface area contributed by atoms with Crippen LogP contribution in [0.15, 0.2) is 66.7 Å². The maximum atomic E-state index is 12.8. The van der Waals surface area contributed by atoms with Crippen LogP contribution < -0.4 is 24.3 Å².